The predicted octanol–water partition coefficient (Wildman–Crippen LogP) is 3.58. The fraction of sp³-hybridized carbons (Fsp3) is 0.0952. The molecule has 0 heterocycles. The molecule has 3 aromatic rings. The van der Waals surface area contributed by atoms with E-state index in [-0.39, 0.29) is 22.2 Å². The molecule has 144 valence electrons. The molecule has 2 N–H and O–H groups in total. The Morgan fingerprint density at radius 1 is 0.893 bits per heavy atom. The summed E-state index contributed by atoms with van der Waals surface area (Å²) in [4.78, 5) is 12.4. The fourth-order valence-electron chi connectivity index (χ4n) is 2.63. The maximum Gasteiger partial charge on any atom is 0.243 e. The van der Waals surface area contributed by atoms with Crippen LogP contribution in [0.5, 0.6) is 5.75 Å². The lowest BCUT2D eigenvalue weighted by Crippen LogP contribution is -2.22. The Kier molecular flexibility index (Phi) is 5.96. The van der Waals surface area contributed by atoms with Crippen LogP contribution in [0.2, 0.25) is 0 Å². The van der Waals surface area contributed by atoms with E-state index in [4.69, 9.17) is 4.74 Å². The molecular weight excluding hydrogens is 376 g/mol. The van der Waals surface area contributed by atoms with Crippen LogP contribution in [-0.2, 0) is 14.6 Å². The summed E-state index contributed by atoms with van der Waals surface area (Å²) in [5.41, 5.74) is 1.04. The summed E-state index contributed by atoms with van der Waals surface area (Å²) in [6.07, 6.45) is 0. The molecule has 0 aliphatic carbocycles. The van der Waals surface area contributed by atoms with Crippen LogP contribution in [0.15, 0.2) is 88.7 Å². The van der Waals surface area contributed by atoms with Crippen LogP contribution in [0, 0.1) is 0 Å². The van der Waals surface area contributed by atoms with Crippen LogP contribution >= 0.6 is 0 Å². The van der Waals surface area contributed by atoms with Crippen molar-refractivity contribution in [1.82, 2.24) is 0 Å². The van der Waals surface area contributed by atoms with Crippen molar-refractivity contribution in [3.8, 4) is 5.75 Å². The van der Waals surface area contributed by atoms with E-state index >= 15 is 0 Å². The lowest BCUT2D eigenvalue weighted by molar-refractivity contribution is -0.114. The van der Waals surface area contributed by atoms with Crippen molar-refractivity contribution in [3.05, 3.63) is 78.9 Å². The van der Waals surface area contributed by atoms with Crippen molar-refractivity contribution in [1.29, 1.82) is 0 Å². The van der Waals surface area contributed by atoms with Gasteiger partial charge in [0.2, 0.25) is 15.7 Å². The number of carbonyl (C=O) groups is 1. The molecule has 0 fully saturated rings. The van der Waals surface area contributed by atoms with Gasteiger partial charge in [-0.1, -0.05) is 30.3 Å². The molecule has 0 radical (unpaired) electrons. The molecule has 0 unspecified atom stereocenters. The molecule has 0 spiro atoms. The van der Waals surface area contributed by atoms with Crippen molar-refractivity contribution in [2.75, 3.05) is 24.3 Å². The zero-order valence-electron chi connectivity index (χ0n) is 15.3. The Balaban J connectivity index is 1.77. The predicted molar refractivity (Wildman–Crippen MR) is 108 cm³/mol. The maximum atomic E-state index is 13.0. The van der Waals surface area contributed by atoms with Crippen LogP contribution in [0.3, 0.4) is 0 Å². The second kappa shape index (κ2) is 8.58. The largest absolute Gasteiger partial charge is 0.497 e. The summed E-state index contributed by atoms with van der Waals surface area (Å²) in [6, 6.07) is 21.7. The van der Waals surface area contributed by atoms with Crippen molar-refractivity contribution in [2.45, 2.75) is 9.79 Å². The van der Waals surface area contributed by atoms with Gasteiger partial charge in [0.15, 0.2) is 0 Å². The van der Waals surface area contributed by atoms with Crippen molar-refractivity contribution in [2.24, 2.45) is 0 Å². The smallest absolute Gasteiger partial charge is 0.243 e. The first-order chi connectivity index (χ1) is 13.5. The number of ether oxygens (including phenoxy) is 1. The fourth-order valence-corrected chi connectivity index (χ4v) is 4.07. The number of carbonyl (C=O) groups excluding carboxylic acids is 1. The SMILES string of the molecule is COc1ccc(S(=O)(=O)c2ccccc2NCC(=O)Nc2ccccc2)cc1. The first kappa shape index (κ1) is 19.4. The molecule has 28 heavy (non-hydrogen) atoms. The third kappa shape index (κ3) is 4.50. The number of methoxy groups -OCH3 is 1. The number of amides is 1. The monoisotopic (exact) mass is 396 g/mol. The minimum Gasteiger partial charge on any atom is -0.497 e. The highest BCUT2D eigenvalue weighted by atomic mass is 32.2. The van der Waals surface area contributed by atoms with Crippen molar-refractivity contribution in [3.63, 3.8) is 0 Å². The van der Waals surface area contributed by atoms with Gasteiger partial charge in [0, 0.05) is 5.69 Å². The summed E-state index contributed by atoms with van der Waals surface area (Å²) in [5, 5.41) is 5.67. The average molecular weight is 396 g/mol. The normalized spacial score (nSPS) is 10.9. The number of anilines is 2. The molecule has 0 atom stereocenters. The summed E-state index contributed by atoms with van der Waals surface area (Å²) < 4.78 is 31.1. The molecule has 1 amide bonds. The Labute approximate surface area is 164 Å². The van der Waals surface area contributed by atoms with Crippen LogP contribution in [0.4, 0.5) is 11.4 Å². The molecular formula is C21H20N2O4S. The number of para-hydroxylation sites is 2. The molecule has 6 nitrogen and oxygen atoms in total. The zero-order valence-corrected chi connectivity index (χ0v) is 16.1. The van der Waals surface area contributed by atoms with Gasteiger partial charge in [-0.15, -0.1) is 0 Å². The molecule has 0 saturated heterocycles. The number of nitrogens with one attached hydrogen (secondary N) is 2. The first-order valence-corrected chi connectivity index (χ1v) is 10.1. The summed E-state index contributed by atoms with van der Waals surface area (Å²) in [7, 11) is -2.23. The van der Waals surface area contributed by atoms with Crippen LogP contribution < -0.4 is 15.4 Å². The molecule has 0 saturated carbocycles. The van der Waals surface area contributed by atoms with Gasteiger partial charge < -0.3 is 15.4 Å². The van der Waals surface area contributed by atoms with Gasteiger partial charge in [-0.3, -0.25) is 4.79 Å². The van der Waals surface area contributed by atoms with Crippen LogP contribution in [-0.4, -0.2) is 28.0 Å². The van der Waals surface area contributed by atoms with Gasteiger partial charge in [0.05, 0.1) is 29.1 Å². The molecule has 3 aromatic carbocycles. The Hall–Kier alpha value is -3.32. The Bertz CT molecular complexity index is 1050. The molecule has 0 aliphatic heterocycles. The topological polar surface area (TPSA) is 84.5 Å². The Morgan fingerprint density at radius 2 is 1.54 bits per heavy atom. The van der Waals surface area contributed by atoms with Gasteiger partial charge in [-0.2, -0.15) is 0 Å². The molecule has 7 heteroatoms. The van der Waals surface area contributed by atoms with Gasteiger partial charge in [0.1, 0.15) is 5.75 Å². The van der Waals surface area contributed by atoms with Crippen LogP contribution in [0.1, 0.15) is 0 Å². The van der Waals surface area contributed by atoms with Gasteiger partial charge in [-0.25, -0.2) is 8.42 Å². The van der Waals surface area contributed by atoms with E-state index in [1.54, 1.807) is 42.5 Å². The second-order valence-electron chi connectivity index (χ2n) is 5.94. The number of sulfone groups is 1. The number of hydrogen-bond donors (Lipinski definition) is 2. The highest BCUT2D eigenvalue weighted by Gasteiger charge is 2.21. The van der Waals surface area contributed by atoms with E-state index in [2.05, 4.69) is 10.6 Å². The molecule has 0 aliphatic rings. The van der Waals surface area contributed by atoms with Crippen molar-refractivity contribution >= 4 is 27.1 Å². The van der Waals surface area contributed by atoms with E-state index in [1.807, 2.05) is 18.2 Å². The maximum absolute atomic E-state index is 13.0. The van der Waals surface area contributed by atoms with E-state index < -0.39 is 9.84 Å². The van der Waals surface area contributed by atoms with E-state index in [9.17, 15) is 13.2 Å². The third-order valence-electron chi connectivity index (χ3n) is 4.04. The third-order valence-corrected chi connectivity index (χ3v) is 5.87. The lowest BCUT2D eigenvalue weighted by atomic mass is 10.3. The quantitative estimate of drug-likeness (QED) is 0.638. The number of rotatable bonds is 7. The molecule has 0 aromatic heterocycles. The minimum atomic E-state index is -3.75. The van der Waals surface area contributed by atoms with E-state index in [0.29, 0.717) is 17.1 Å². The van der Waals surface area contributed by atoms with Crippen LogP contribution in [0.25, 0.3) is 0 Å². The zero-order chi connectivity index (χ0) is 20.0. The van der Waals surface area contributed by atoms with E-state index in [0.717, 1.165) is 0 Å². The van der Waals surface area contributed by atoms with Gasteiger partial charge in [-0.05, 0) is 48.5 Å². The highest BCUT2D eigenvalue weighted by molar-refractivity contribution is 7.91. The second-order valence-corrected chi connectivity index (χ2v) is 7.86. The van der Waals surface area contributed by atoms with Gasteiger partial charge in [0.25, 0.3) is 0 Å². The number of benzene rings is 3. The summed E-state index contributed by atoms with van der Waals surface area (Å²) >= 11 is 0. The van der Waals surface area contributed by atoms with Gasteiger partial charge >= 0.3 is 0 Å². The lowest BCUT2D eigenvalue weighted by Gasteiger charge is -2.13. The van der Waals surface area contributed by atoms with E-state index in [1.165, 1.54) is 25.3 Å². The highest BCUT2D eigenvalue weighted by Crippen LogP contribution is 2.28. The Morgan fingerprint density at radius 3 is 2.21 bits per heavy atom. The standard InChI is InChI=1S/C21H20N2O4S/c1-27-17-11-13-18(14-12-17)28(25,26)20-10-6-5-9-19(20)22-15-21(24)23-16-7-3-2-4-8-16/h2-14,22H,15H2,1H3,(H,23,24). The number of hydrogen-bond acceptors (Lipinski definition) is 5. The summed E-state index contributed by atoms with van der Waals surface area (Å²) in [6.45, 7) is -0.0654. The average Bonchev–Trinajstić information content (AvgIpc) is 2.73. The minimum absolute atomic E-state index is 0.0654. The molecule has 0 bridgehead atoms. The molecule has 3 rings (SSSR count). The summed E-state index contributed by atoms with van der Waals surface area (Å²) in [5.74, 6) is 0.297. The first-order valence-electron chi connectivity index (χ1n) is 8.57. The van der Waals surface area contributed by atoms with Crippen molar-refractivity contribution < 1.29 is 17.9 Å².